The van der Waals surface area contributed by atoms with Crippen LogP contribution < -0.4 is 5.32 Å². The normalized spacial score (nSPS) is 20.5. The van der Waals surface area contributed by atoms with Gasteiger partial charge in [-0.05, 0) is 35.7 Å². The third kappa shape index (κ3) is 3.98. The summed E-state index contributed by atoms with van der Waals surface area (Å²) in [6, 6.07) is 9.22. The standard InChI is InChI=1S/C22H16B2ClF2N3O4/c23-21(8-7-17(31)30(24)20(21)34)29-11-13-9-12(1-6-16(13)18(29)32)10-28-19(33)22(26,27)14-2-4-15(25)5-3-14/h1-6,9H,7-8,10-11H2,(H,28,33)/t21-/m1/s1. The molecule has 2 aromatic rings. The van der Waals surface area contributed by atoms with Gasteiger partial charge in [0, 0.05) is 35.7 Å². The van der Waals surface area contributed by atoms with Gasteiger partial charge in [0.2, 0.25) is 19.8 Å². The highest BCUT2D eigenvalue weighted by Gasteiger charge is 2.49. The Hall–Kier alpha value is -3.20. The van der Waals surface area contributed by atoms with E-state index in [1.54, 1.807) is 6.07 Å². The van der Waals surface area contributed by atoms with E-state index in [-0.39, 0.29) is 36.5 Å². The number of piperidine rings is 1. The van der Waals surface area contributed by atoms with Crippen molar-refractivity contribution < 1.29 is 28.0 Å². The highest BCUT2D eigenvalue weighted by atomic mass is 35.5. The van der Waals surface area contributed by atoms with Crippen LogP contribution in [0.3, 0.4) is 0 Å². The van der Waals surface area contributed by atoms with Crippen molar-refractivity contribution in [3.63, 3.8) is 0 Å². The minimum absolute atomic E-state index is 0.0405. The first-order valence-electron chi connectivity index (χ1n) is 10.2. The molecule has 0 bridgehead atoms. The zero-order chi connectivity index (χ0) is 24.8. The molecule has 1 N–H and O–H groups in total. The van der Waals surface area contributed by atoms with E-state index in [0.717, 1.165) is 17.0 Å². The van der Waals surface area contributed by atoms with E-state index < -0.39 is 40.6 Å². The summed E-state index contributed by atoms with van der Waals surface area (Å²) in [6.45, 7) is -0.261. The molecule has 2 aromatic carbocycles. The minimum atomic E-state index is -3.77. The molecule has 1 fully saturated rings. The van der Waals surface area contributed by atoms with Crippen LogP contribution in [0.1, 0.15) is 39.9 Å². The molecule has 0 aromatic heterocycles. The van der Waals surface area contributed by atoms with Crippen molar-refractivity contribution in [3.05, 3.63) is 69.7 Å². The van der Waals surface area contributed by atoms with Gasteiger partial charge in [-0.3, -0.25) is 19.2 Å². The maximum Gasteiger partial charge on any atom is 0.349 e. The van der Waals surface area contributed by atoms with Crippen LogP contribution in [0, 0.1) is 0 Å². The second-order valence-electron chi connectivity index (χ2n) is 8.14. The minimum Gasteiger partial charge on any atom is -0.346 e. The SMILES string of the molecule is [B]N1C(=O)CC[C@@]([B])(N2Cc3cc(CNC(=O)C(F)(F)c4ccc(Cl)cc4)ccc3C2=O)C1=O. The van der Waals surface area contributed by atoms with Crippen molar-refractivity contribution in [1.29, 1.82) is 0 Å². The maximum absolute atomic E-state index is 14.5. The molecule has 170 valence electrons. The molecule has 1 saturated heterocycles. The predicted octanol–water partition coefficient (Wildman–Crippen LogP) is 1.80. The number of carbonyl (C=O) groups is 4. The predicted molar refractivity (Wildman–Crippen MR) is 119 cm³/mol. The molecule has 0 aliphatic carbocycles. The van der Waals surface area contributed by atoms with Gasteiger partial charge in [-0.2, -0.15) is 8.78 Å². The molecule has 2 aliphatic rings. The fourth-order valence-corrected chi connectivity index (χ4v) is 4.11. The van der Waals surface area contributed by atoms with Crippen LogP contribution in [0.5, 0.6) is 0 Å². The van der Waals surface area contributed by atoms with Crippen LogP contribution in [0.15, 0.2) is 42.5 Å². The lowest BCUT2D eigenvalue weighted by Crippen LogP contribution is -2.64. The summed E-state index contributed by atoms with van der Waals surface area (Å²) in [5, 5.41) is 2.46. The van der Waals surface area contributed by atoms with Crippen LogP contribution in [-0.2, 0) is 33.4 Å². The number of hydrogen-bond donors (Lipinski definition) is 1. The molecule has 1 atom stereocenters. The van der Waals surface area contributed by atoms with Gasteiger partial charge in [-0.15, -0.1) is 0 Å². The lowest BCUT2D eigenvalue weighted by molar-refractivity contribution is -0.148. The van der Waals surface area contributed by atoms with Gasteiger partial charge in [-0.25, -0.2) is 0 Å². The maximum atomic E-state index is 14.5. The van der Waals surface area contributed by atoms with Gasteiger partial charge in [0.05, 0.1) is 5.44 Å². The second-order valence-corrected chi connectivity index (χ2v) is 8.58. The van der Waals surface area contributed by atoms with Gasteiger partial charge < -0.3 is 15.0 Å². The zero-order valence-electron chi connectivity index (χ0n) is 17.7. The molecular formula is C22H16B2ClF2N3O4. The first-order chi connectivity index (χ1) is 15.9. The Labute approximate surface area is 201 Å². The molecule has 4 rings (SSSR count). The molecule has 2 heterocycles. The number of rotatable bonds is 5. The second kappa shape index (κ2) is 8.54. The number of benzene rings is 2. The molecule has 0 unspecified atom stereocenters. The quantitative estimate of drug-likeness (QED) is 0.521. The lowest BCUT2D eigenvalue weighted by atomic mass is 9.68. The number of imide groups is 1. The Morgan fingerprint density at radius 1 is 1.15 bits per heavy atom. The number of hydrogen-bond acceptors (Lipinski definition) is 4. The Balaban J connectivity index is 1.47. The Morgan fingerprint density at radius 3 is 2.50 bits per heavy atom. The smallest absolute Gasteiger partial charge is 0.346 e. The molecule has 0 spiro atoms. The molecule has 4 amide bonds. The average molecular weight is 481 g/mol. The number of alkyl halides is 2. The first-order valence-corrected chi connectivity index (χ1v) is 10.6. The van der Waals surface area contributed by atoms with Crippen LogP contribution in [0.2, 0.25) is 5.02 Å². The number of halogens is 3. The van der Waals surface area contributed by atoms with E-state index in [4.69, 9.17) is 27.4 Å². The van der Waals surface area contributed by atoms with Crippen molar-refractivity contribution in [2.45, 2.75) is 37.3 Å². The highest BCUT2D eigenvalue weighted by molar-refractivity contribution is 6.38. The van der Waals surface area contributed by atoms with Crippen molar-refractivity contribution in [3.8, 4) is 0 Å². The molecular weight excluding hydrogens is 465 g/mol. The van der Waals surface area contributed by atoms with E-state index in [0.29, 0.717) is 15.9 Å². The van der Waals surface area contributed by atoms with Crippen LogP contribution in [-0.4, -0.2) is 54.6 Å². The van der Waals surface area contributed by atoms with Crippen LogP contribution in [0.4, 0.5) is 8.78 Å². The highest BCUT2D eigenvalue weighted by Crippen LogP contribution is 2.35. The van der Waals surface area contributed by atoms with E-state index in [2.05, 4.69) is 5.32 Å². The van der Waals surface area contributed by atoms with Gasteiger partial charge in [-0.1, -0.05) is 35.9 Å². The molecule has 2 aliphatic heterocycles. The molecule has 0 saturated carbocycles. The molecule has 7 nitrogen and oxygen atoms in total. The Bertz CT molecular complexity index is 1210. The summed E-state index contributed by atoms with van der Waals surface area (Å²) in [4.78, 5) is 50.8. The summed E-state index contributed by atoms with van der Waals surface area (Å²) < 4.78 is 28.9. The topological polar surface area (TPSA) is 86.8 Å². The van der Waals surface area contributed by atoms with Gasteiger partial charge in [0.25, 0.3) is 11.8 Å². The average Bonchev–Trinajstić information content (AvgIpc) is 3.15. The third-order valence-corrected chi connectivity index (χ3v) is 6.23. The van der Waals surface area contributed by atoms with Crippen LogP contribution >= 0.6 is 11.6 Å². The van der Waals surface area contributed by atoms with E-state index in [9.17, 15) is 28.0 Å². The van der Waals surface area contributed by atoms with E-state index in [1.807, 2.05) is 0 Å². The van der Waals surface area contributed by atoms with Crippen molar-refractivity contribution >= 4 is 51.1 Å². The number of amides is 4. The largest absolute Gasteiger partial charge is 0.349 e. The fraction of sp³-hybridized carbons (Fsp3) is 0.273. The summed E-state index contributed by atoms with van der Waals surface area (Å²) >= 11 is 5.71. The van der Waals surface area contributed by atoms with E-state index in [1.165, 1.54) is 24.3 Å². The monoisotopic (exact) mass is 481 g/mol. The summed E-state index contributed by atoms with van der Waals surface area (Å²) in [7, 11) is 11.7. The number of fused-ring (bicyclic) bond motifs is 1. The molecule has 34 heavy (non-hydrogen) atoms. The molecule has 12 heteroatoms. The number of nitrogens with one attached hydrogen (secondary N) is 1. The summed E-state index contributed by atoms with van der Waals surface area (Å²) in [6.07, 6.45) is -0.182. The summed E-state index contributed by atoms with van der Waals surface area (Å²) in [5.74, 6) is -7.26. The Morgan fingerprint density at radius 2 is 1.82 bits per heavy atom. The zero-order valence-corrected chi connectivity index (χ0v) is 18.4. The van der Waals surface area contributed by atoms with Crippen molar-refractivity contribution in [1.82, 2.24) is 15.0 Å². The van der Waals surface area contributed by atoms with Crippen molar-refractivity contribution in [2.24, 2.45) is 0 Å². The summed E-state index contributed by atoms with van der Waals surface area (Å²) in [5.41, 5.74) is -1.04. The van der Waals surface area contributed by atoms with E-state index >= 15 is 0 Å². The Kier molecular flexibility index (Phi) is 6.01. The third-order valence-electron chi connectivity index (χ3n) is 5.98. The number of nitrogens with zero attached hydrogens (tertiary/aromatic N) is 2. The van der Waals surface area contributed by atoms with Gasteiger partial charge >= 0.3 is 5.92 Å². The van der Waals surface area contributed by atoms with Gasteiger partial charge in [0.1, 0.15) is 7.85 Å². The fourth-order valence-electron chi connectivity index (χ4n) is 3.99. The molecule has 4 radical (unpaired) electrons. The number of carbonyl (C=O) groups excluding carboxylic acids is 4. The van der Waals surface area contributed by atoms with Crippen molar-refractivity contribution in [2.75, 3.05) is 0 Å². The van der Waals surface area contributed by atoms with Crippen LogP contribution in [0.25, 0.3) is 0 Å². The first kappa shape index (κ1) is 23.9. The van der Waals surface area contributed by atoms with Gasteiger partial charge in [0.15, 0.2) is 0 Å². The lowest BCUT2D eigenvalue weighted by Gasteiger charge is -2.43.